The zero-order valence-corrected chi connectivity index (χ0v) is 13.9. The van der Waals surface area contributed by atoms with Crippen molar-refractivity contribution in [3.8, 4) is 5.75 Å². The molecule has 1 unspecified atom stereocenters. The molecule has 0 bridgehead atoms. The molecule has 0 spiro atoms. The summed E-state index contributed by atoms with van der Waals surface area (Å²) in [6, 6.07) is 7.86. The standard InChI is InChI=1S/C16H24N2O3.ClH/c1-11-3-5-13(6-4-11)20-12(2)10-18-16(19)15-8-7-14(9-17)21-15;/h3-6,12,14-15H,7-10,17H2,1-2H3,(H,18,19);1H/t12?,14-,15+;/m1./s1. The summed E-state index contributed by atoms with van der Waals surface area (Å²) in [5.41, 5.74) is 6.73. The maximum atomic E-state index is 12.0. The van der Waals surface area contributed by atoms with Gasteiger partial charge >= 0.3 is 0 Å². The monoisotopic (exact) mass is 328 g/mol. The number of nitrogens with one attached hydrogen (secondary N) is 1. The molecule has 0 aromatic heterocycles. The first-order chi connectivity index (χ1) is 10.1. The fourth-order valence-electron chi connectivity index (χ4n) is 2.32. The summed E-state index contributed by atoms with van der Waals surface area (Å²) in [6.07, 6.45) is 1.14. The third-order valence-corrected chi connectivity index (χ3v) is 3.58. The molecule has 1 amide bonds. The fourth-order valence-corrected chi connectivity index (χ4v) is 2.32. The van der Waals surface area contributed by atoms with Crippen molar-refractivity contribution in [3.05, 3.63) is 29.8 Å². The molecule has 1 saturated heterocycles. The second kappa shape index (κ2) is 8.98. The van der Waals surface area contributed by atoms with E-state index in [9.17, 15) is 4.79 Å². The van der Waals surface area contributed by atoms with Gasteiger partial charge in [0.15, 0.2) is 0 Å². The Kier molecular flexibility index (Phi) is 7.65. The maximum absolute atomic E-state index is 12.0. The van der Waals surface area contributed by atoms with Crippen LogP contribution in [0.4, 0.5) is 0 Å². The van der Waals surface area contributed by atoms with Gasteiger partial charge in [0, 0.05) is 6.54 Å². The number of hydrogen-bond donors (Lipinski definition) is 2. The van der Waals surface area contributed by atoms with Crippen LogP contribution in [-0.4, -0.2) is 37.3 Å². The van der Waals surface area contributed by atoms with Crippen molar-refractivity contribution in [2.45, 2.75) is 45.0 Å². The number of carbonyl (C=O) groups excluding carboxylic acids is 1. The Morgan fingerprint density at radius 2 is 2.09 bits per heavy atom. The molecule has 1 aliphatic heterocycles. The van der Waals surface area contributed by atoms with Gasteiger partial charge in [0.05, 0.1) is 12.6 Å². The minimum Gasteiger partial charge on any atom is -0.489 e. The van der Waals surface area contributed by atoms with Crippen LogP contribution in [0.5, 0.6) is 5.75 Å². The molecule has 0 aliphatic carbocycles. The molecule has 0 radical (unpaired) electrons. The highest BCUT2D eigenvalue weighted by Gasteiger charge is 2.29. The second-order valence-corrected chi connectivity index (χ2v) is 5.55. The number of nitrogens with two attached hydrogens (primary N) is 1. The van der Waals surface area contributed by atoms with E-state index in [1.807, 2.05) is 38.1 Å². The summed E-state index contributed by atoms with van der Waals surface area (Å²) in [5.74, 6) is 0.730. The van der Waals surface area contributed by atoms with Crippen molar-refractivity contribution in [3.63, 3.8) is 0 Å². The van der Waals surface area contributed by atoms with Crippen molar-refractivity contribution in [1.82, 2.24) is 5.32 Å². The van der Waals surface area contributed by atoms with Crippen LogP contribution in [0.3, 0.4) is 0 Å². The molecule has 1 aromatic carbocycles. The van der Waals surface area contributed by atoms with Crippen LogP contribution in [0.1, 0.15) is 25.3 Å². The van der Waals surface area contributed by atoms with E-state index in [-0.39, 0.29) is 36.6 Å². The Morgan fingerprint density at radius 1 is 1.41 bits per heavy atom. The van der Waals surface area contributed by atoms with Crippen LogP contribution in [0.25, 0.3) is 0 Å². The number of aryl methyl sites for hydroxylation is 1. The molecule has 3 atom stereocenters. The summed E-state index contributed by atoms with van der Waals surface area (Å²) in [7, 11) is 0. The average Bonchev–Trinajstić information content (AvgIpc) is 2.96. The number of rotatable bonds is 6. The second-order valence-electron chi connectivity index (χ2n) is 5.55. The molecule has 5 nitrogen and oxygen atoms in total. The lowest BCUT2D eigenvalue weighted by atomic mass is 10.2. The lowest BCUT2D eigenvalue weighted by molar-refractivity contribution is -0.132. The minimum atomic E-state index is -0.370. The molecule has 1 aliphatic rings. The van der Waals surface area contributed by atoms with E-state index in [2.05, 4.69) is 5.32 Å². The number of carbonyl (C=O) groups is 1. The third-order valence-electron chi connectivity index (χ3n) is 3.58. The molecule has 1 heterocycles. The molecular formula is C16H25ClN2O3. The molecule has 6 heteroatoms. The highest BCUT2D eigenvalue weighted by atomic mass is 35.5. The minimum absolute atomic E-state index is 0. The normalized spacial score (nSPS) is 21.8. The maximum Gasteiger partial charge on any atom is 0.249 e. The van der Waals surface area contributed by atoms with Crippen LogP contribution < -0.4 is 15.8 Å². The third kappa shape index (κ3) is 5.48. The Balaban J connectivity index is 0.00000242. The molecule has 1 fully saturated rings. The highest BCUT2D eigenvalue weighted by molar-refractivity contribution is 5.85. The summed E-state index contributed by atoms with van der Waals surface area (Å²) in [6.45, 7) is 4.89. The van der Waals surface area contributed by atoms with Gasteiger partial charge in [-0.05, 0) is 38.8 Å². The van der Waals surface area contributed by atoms with Crippen LogP contribution in [0.2, 0.25) is 0 Å². The molecule has 1 aromatic rings. The molecule has 0 saturated carbocycles. The van der Waals surface area contributed by atoms with Gasteiger partial charge in [0.1, 0.15) is 18.0 Å². The Labute approximate surface area is 138 Å². The van der Waals surface area contributed by atoms with Gasteiger partial charge in [0.25, 0.3) is 0 Å². The van der Waals surface area contributed by atoms with Crippen molar-refractivity contribution in [2.24, 2.45) is 5.73 Å². The topological polar surface area (TPSA) is 73.6 Å². The van der Waals surface area contributed by atoms with E-state index in [0.717, 1.165) is 18.6 Å². The number of halogens is 1. The zero-order chi connectivity index (χ0) is 15.2. The van der Waals surface area contributed by atoms with Gasteiger partial charge in [-0.3, -0.25) is 4.79 Å². The van der Waals surface area contributed by atoms with Crippen LogP contribution in [0.15, 0.2) is 24.3 Å². The van der Waals surface area contributed by atoms with Gasteiger partial charge in [-0.25, -0.2) is 0 Å². The lowest BCUT2D eigenvalue weighted by Crippen LogP contribution is -2.40. The number of ether oxygens (including phenoxy) is 2. The summed E-state index contributed by atoms with van der Waals surface area (Å²) in [4.78, 5) is 12.0. The first-order valence-electron chi connectivity index (χ1n) is 7.45. The average molecular weight is 329 g/mol. The molecule has 124 valence electrons. The van der Waals surface area contributed by atoms with E-state index in [4.69, 9.17) is 15.2 Å². The Bertz CT molecular complexity index is 467. The molecule has 22 heavy (non-hydrogen) atoms. The van der Waals surface area contributed by atoms with E-state index >= 15 is 0 Å². The fraction of sp³-hybridized carbons (Fsp3) is 0.562. The van der Waals surface area contributed by atoms with Crippen LogP contribution >= 0.6 is 12.4 Å². The summed E-state index contributed by atoms with van der Waals surface area (Å²) in [5, 5.41) is 2.87. The van der Waals surface area contributed by atoms with Gasteiger partial charge in [-0.1, -0.05) is 17.7 Å². The SMILES string of the molecule is Cc1ccc(OC(C)CNC(=O)[C@@H]2CC[C@H](CN)O2)cc1.Cl. The number of hydrogen-bond acceptors (Lipinski definition) is 4. The van der Waals surface area contributed by atoms with Gasteiger partial charge in [0.2, 0.25) is 5.91 Å². The van der Waals surface area contributed by atoms with E-state index < -0.39 is 0 Å². The molecule has 2 rings (SSSR count). The van der Waals surface area contributed by atoms with Gasteiger partial charge in [-0.15, -0.1) is 12.4 Å². The highest BCUT2D eigenvalue weighted by Crippen LogP contribution is 2.19. The van der Waals surface area contributed by atoms with Crippen molar-refractivity contribution in [2.75, 3.05) is 13.1 Å². The Hall–Kier alpha value is -1.30. The summed E-state index contributed by atoms with van der Waals surface area (Å²) >= 11 is 0. The first-order valence-corrected chi connectivity index (χ1v) is 7.45. The van der Waals surface area contributed by atoms with Gasteiger partial charge in [-0.2, -0.15) is 0 Å². The smallest absolute Gasteiger partial charge is 0.249 e. The van der Waals surface area contributed by atoms with Crippen molar-refractivity contribution in [1.29, 1.82) is 0 Å². The van der Waals surface area contributed by atoms with E-state index in [1.54, 1.807) is 0 Å². The lowest BCUT2D eigenvalue weighted by Gasteiger charge is -2.17. The number of amides is 1. The molecule has 3 N–H and O–H groups in total. The predicted octanol–water partition coefficient (Wildman–Crippen LogP) is 1.81. The van der Waals surface area contributed by atoms with Crippen LogP contribution in [0, 0.1) is 6.92 Å². The largest absolute Gasteiger partial charge is 0.489 e. The number of benzene rings is 1. The first kappa shape index (κ1) is 18.7. The predicted molar refractivity (Wildman–Crippen MR) is 88.5 cm³/mol. The molecular weight excluding hydrogens is 304 g/mol. The quantitative estimate of drug-likeness (QED) is 0.835. The van der Waals surface area contributed by atoms with Crippen molar-refractivity contribution < 1.29 is 14.3 Å². The van der Waals surface area contributed by atoms with E-state index in [0.29, 0.717) is 13.1 Å². The van der Waals surface area contributed by atoms with Crippen molar-refractivity contribution >= 4 is 18.3 Å². The summed E-state index contributed by atoms with van der Waals surface area (Å²) < 4.78 is 11.3. The van der Waals surface area contributed by atoms with E-state index in [1.165, 1.54) is 5.56 Å². The van der Waals surface area contributed by atoms with Gasteiger partial charge < -0.3 is 20.5 Å². The van der Waals surface area contributed by atoms with Crippen LogP contribution in [-0.2, 0) is 9.53 Å². The zero-order valence-electron chi connectivity index (χ0n) is 13.1. The Morgan fingerprint density at radius 3 is 2.68 bits per heavy atom.